The van der Waals surface area contributed by atoms with Crippen LogP contribution in [0.25, 0.3) is 10.9 Å². The first-order chi connectivity index (χ1) is 10.5. The molecule has 0 aliphatic heterocycles. The normalized spacial score (nSPS) is 11.0. The number of halogens is 1. The van der Waals surface area contributed by atoms with E-state index >= 15 is 0 Å². The number of rotatable bonds is 7. The Morgan fingerprint density at radius 1 is 1.41 bits per heavy atom. The van der Waals surface area contributed by atoms with Crippen molar-refractivity contribution in [3.63, 3.8) is 0 Å². The molecule has 1 aromatic heterocycles. The summed E-state index contributed by atoms with van der Waals surface area (Å²) in [5.41, 5.74) is 3.29. The molecule has 0 fully saturated rings. The minimum Gasteiger partial charge on any atom is -0.481 e. The third kappa shape index (κ3) is 4.23. The molecule has 118 valence electrons. The molecular weight excluding hydrogens is 362 g/mol. The van der Waals surface area contributed by atoms with Gasteiger partial charge in [0.15, 0.2) is 0 Å². The van der Waals surface area contributed by atoms with Crippen LogP contribution >= 0.6 is 27.7 Å². The lowest BCUT2D eigenvalue weighted by atomic mass is 10.0. The summed E-state index contributed by atoms with van der Waals surface area (Å²) in [6, 6.07) is 6.09. The van der Waals surface area contributed by atoms with Gasteiger partial charge in [-0.25, -0.2) is 0 Å². The fourth-order valence-corrected chi connectivity index (χ4v) is 4.00. The zero-order valence-corrected chi connectivity index (χ0v) is 15.3. The van der Waals surface area contributed by atoms with E-state index in [0.29, 0.717) is 5.75 Å². The monoisotopic (exact) mass is 381 g/mol. The molecule has 22 heavy (non-hydrogen) atoms. The number of aryl methyl sites for hydroxylation is 1. The third-order valence-corrected chi connectivity index (χ3v) is 5.20. The van der Waals surface area contributed by atoms with E-state index in [9.17, 15) is 4.79 Å². The highest BCUT2D eigenvalue weighted by molar-refractivity contribution is 9.10. The molecule has 1 N–H and O–H groups in total. The SMILES string of the molecule is CCCCc1c(C)nc2ccc(Br)cc2c1SCCC(=O)O. The van der Waals surface area contributed by atoms with E-state index in [1.54, 1.807) is 11.8 Å². The molecule has 0 atom stereocenters. The fourth-order valence-electron chi connectivity index (χ4n) is 2.42. The topological polar surface area (TPSA) is 50.2 Å². The molecule has 0 radical (unpaired) electrons. The zero-order chi connectivity index (χ0) is 16.1. The van der Waals surface area contributed by atoms with Crippen molar-refractivity contribution >= 4 is 44.6 Å². The van der Waals surface area contributed by atoms with Crippen LogP contribution in [0.1, 0.15) is 37.4 Å². The summed E-state index contributed by atoms with van der Waals surface area (Å²) in [6.45, 7) is 4.23. The number of hydrogen-bond acceptors (Lipinski definition) is 3. The number of thioether (sulfide) groups is 1. The Hall–Kier alpha value is -1.07. The van der Waals surface area contributed by atoms with Crippen LogP contribution in [-0.2, 0) is 11.2 Å². The van der Waals surface area contributed by atoms with Gasteiger partial charge in [-0.05, 0) is 43.5 Å². The number of unbranched alkanes of at least 4 members (excludes halogenated alkanes) is 1. The second-order valence-electron chi connectivity index (χ2n) is 5.26. The summed E-state index contributed by atoms with van der Waals surface area (Å²) in [5, 5.41) is 9.99. The Morgan fingerprint density at radius 2 is 2.18 bits per heavy atom. The van der Waals surface area contributed by atoms with Gasteiger partial charge in [0, 0.05) is 26.2 Å². The van der Waals surface area contributed by atoms with Crippen molar-refractivity contribution in [2.45, 2.75) is 44.4 Å². The summed E-state index contributed by atoms with van der Waals surface area (Å²) < 4.78 is 1.02. The van der Waals surface area contributed by atoms with E-state index in [0.717, 1.165) is 40.3 Å². The molecule has 0 bridgehead atoms. The summed E-state index contributed by atoms with van der Waals surface area (Å²) in [4.78, 5) is 16.7. The summed E-state index contributed by atoms with van der Waals surface area (Å²) >= 11 is 5.16. The van der Waals surface area contributed by atoms with Gasteiger partial charge < -0.3 is 5.11 Å². The molecule has 0 aliphatic carbocycles. The van der Waals surface area contributed by atoms with Crippen molar-refractivity contribution in [2.75, 3.05) is 5.75 Å². The summed E-state index contributed by atoms with van der Waals surface area (Å²) in [6.07, 6.45) is 3.42. The largest absolute Gasteiger partial charge is 0.481 e. The lowest BCUT2D eigenvalue weighted by Crippen LogP contribution is -2.01. The van der Waals surface area contributed by atoms with E-state index in [1.165, 1.54) is 10.5 Å². The van der Waals surface area contributed by atoms with Gasteiger partial charge in [-0.1, -0.05) is 29.3 Å². The first kappa shape index (κ1) is 17.3. The molecule has 0 amide bonds. The second kappa shape index (κ2) is 7.97. The predicted octanol–water partition coefficient (Wildman–Crippen LogP) is 5.22. The Bertz CT molecular complexity index is 688. The minimum absolute atomic E-state index is 0.175. The Labute approximate surface area is 143 Å². The van der Waals surface area contributed by atoms with Crippen molar-refractivity contribution in [1.82, 2.24) is 4.98 Å². The average Bonchev–Trinajstić information content (AvgIpc) is 2.46. The maximum absolute atomic E-state index is 10.8. The fraction of sp³-hybridized carbons (Fsp3) is 0.412. The molecule has 0 aliphatic rings. The standard InChI is InChI=1S/C17H20BrNO2S/c1-3-4-5-13-11(2)19-15-7-6-12(18)10-14(15)17(13)22-9-8-16(20)21/h6-7,10H,3-5,8-9H2,1-2H3,(H,20,21). The summed E-state index contributed by atoms with van der Waals surface area (Å²) in [7, 11) is 0. The third-order valence-electron chi connectivity index (χ3n) is 3.54. The van der Waals surface area contributed by atoms with Crippen LogP contribution in [0.3, 0.4) is 0 Å². The van der Waals surface area contributed by atoms with Crippen molar-refractivity contribution in [3.05, 3.63) is 33.9 Å². The van der Waals surface area contributed by atoms with Gasteiger partial charge in [-0.15, -0.1) is 11.8 Å². The Morgan fingerprint density at radius 3 is 2.86 bits per heavy atom. The maximum Gasteiger partial charge on any atom is 0.304 e. The van der Waals surface area contributed by atoms with Crippen molar-refractivity contribution < 1.29 is 9.90 Å². The lowest BCUT2D eigenvalue weighted by molar-refractivity contribution is -0.136. The van der Waals surface area contributed by atoms with Gasteiger partial charge in [0.05, 0.1) is 11.9 Å². The highest BCUT2D eigenvalue weighted by atomic mass is 79.9. The van der Waals surface area contributed by atoms with Crippen molar-refractivity contribution in [2.24, 2.45) is 0 Å². The molecular formula is C17H20BrNO2S. The number of benzene rings is 1. The van der Waals surface area contributed by atoms with Crippen LogP contribution in [0.5, 0.6) is 0 Å². The maximum atomic E-state index is 10.8. The van der Waals surface area contributed by atoms with Crippen LogP contribution in [0.4, 0.5) is 0 Å². The van der Waals surface area contributed by atoms with Gasteiger partial charge in [0.2, 0.25) is 0 Å². The first-order valence-corrected chi connectivity index (χ1v) is 9.24. The van der Waals surface area contributed by atoms with Crippen LogP contribution in [0, 0.1) is 6.92 Å². The van der Waals surface area contributed by atoms with Gasteiger partial charge in [0.1, 0.15) is 0 Å². The van der Waals surface area contributed by atoms with Crippen LogP contribution < -0.4 is 0 Å². The number of aliphatic carboxylic acids is 1. The molecule has 3 nitrogen and oxygen atoms in total. The Kier molecular flexibility index (Phi) is 6.26. The number of carboxylic acid groups (broad SMARTS) is 1. The molecule has 0 spiro atoms. The lowest BCUT2D eigenvalue weighted by Gasteiger charge is -2.15. The predicted molar refractivity (Wildman–Crippen MR) is 95.8 cm³/mol. The van der Waals surface area contributed by atoms with E-state index in [2.05, 4.69) is 28.9 Å². The molecule has 1 aromatic carbocycles. The molecule has 5 heteroatoms. The zero-order valence-electron chi connectivity index (χ0n) is 12.9. The number of fused-ring (bicyclic) bond motifs is 1. The van der Waals surface area contributed by atoms with Crippen molar-refractivity contribution in [3.8, 4) is 0 Å². The number of carboxylic acids is 1. The molecule has 0 saturated heterocycles. The Balaban J connectivity index is 2.48. The van der Waals surface area contributed by atoms with E-state index in [4.69, 9.17) is 10.1 Å². The highest BCUT2D eigenvalue weighted by Gasteiger charge is 2.14. The van der Waals surface area contributed by atoms with Gasteiger partial charge in [-0.2, -0.15) is 0 Å². The molecule has 0 saturated carbocycles. The molecule has 2 rings (SSSR count). The van der Waals surface area contributed by atoms with E-state index < -0.39 is 5.97 Å². The highest BCUT2D eigenvalue weighted by Crippen LogP contribution is 2.35. The average molecular weight is 382 g/mol. The van der Waals surface area contributed by atoms with Crippen LogP contribution in [0.15, 0.2) is 27.6 Å². The van der Waals surface area contributed by atoms with Gasteiger partial charge in [0.25, 0.3) is 0 Å². The van der Waals surface area contributed by atoms with Gasteiger partial charge in [-0.3, -0.25) is 9.78 Å². The molecule has 2 aromatic rings. The van der Waals surface area contributed by atoms with E-state index in [1.807, 2.05) is 19.1 Å². The minimum atomic E-state index is -0.751. The summed E-state index contributed by atoms with van der Waals surface area (Å²) in [5.74, 6) is -0.168. The van der Waals surface area contributed by atoms with Crippen molar-refractivity contribution in [1.29, 1.82) is 0 Å². The van der Waals surface area contributed by atoms with Gasteiger partial charge >= 0.3 is 5.97 Å². The number of nitrogens with zero attached hydrogens (tertiary/aromatic N) is 1. The molecule has 1 heterocycles. The number of carbonyl (C=O) groups is 1. The quantitative estimate of drug-likeness (QED) is 0.668. The first-order valence-electron chi connectivity index (χ1n) is 7.46. The van der Waals surface area contributed by atoms with Crippen LogP contribution in [0.2, 0.25) is 0 Å². The smallest absolute Gasteiger partial charge is 0.304 e. The number of pyridine rings is 1. The molecule has 0 unspecified atom stereocenters. The van der Waals surface area contributed by atoms with Crippen LogP contribution in [-0.4, -0.2) is 21.8 Å². The number of hydrogen-bond donors (Lipinski definition) is 1. The second-order valence-corrected chi connectivity index (χ2v) is 7.28. The number of aromatic nitrogens is 1. The van der Waals surface area contributed by atoms with E-state index in [-0.39, 0.29) is 6.42 Å².